The molecule has 0 heterocycles. The van der Waals surface area contributed by atoms with Crippen LogP contribution < -0.4 is 5.32 Å². The molecule has 4 nitrogen and oxygen atoms in total. The summed E-state index contributed by atoms with van der Waals surface area (Å²) >= 11 is 6.10. The van der Waals surface area contributed by atoms with Crippen molar-refractivity contribution in [2.75, 3.05) is 6.54 Å². The molecule has 0 spiro atoms. The lowest BCUT2D eigenvalue weighted by Crippen LogP contribution is -2.35. The molecule has 1 aromatic rings. The monoisotopic (exact) mass is 311 g/mol. The summed E-state index contributed by atoms with van der Waals surface area (Å²) in [6.45, 7) is 7.83. The Bertz CT molecular complexity index is 535. The summed E-state index contributed by atoms with van der Waals surface area (Å²) in [6, 6.07) is 5.20. The highest BCUT2D eigenvalue weighted by atomic mass is 35.5. The summed E-state index contributed by atoms with van der Waals surface area (Å²) in [5.74, 6) is -1.86. The SMILES string of the molecule is Cc1cccc(C(=O)NCC(CC(C)(C)C)C(=O)O)c1Cl. The topological polar surface area (TPSA) is 66.4 Å². The van der Waals surface area contributed by atoms with Gasteiger partial charge in [-0.15, -0.1) is 0 Å². The number of aryl methyl sites for hydroxylation is 1. The van der Waals surface area contributed by atoms with E-state index in [2.05, 4.69) is 5.32 Å². The molecule has 0 aliphatic heterocycles. The molecule has 0 fully saturated rings. The van der Waals surface area contributed by atoms with E-state index in [4.69, 9.17) is 11.6 Å². The van der Waals surface area contributed by atoms with E-state index in [9.17, 15) is 14.7 Å². The van der Waals surface area contributed by atoms with Crippen LogP contribution in [0.3, 0.4) is 0 Å². The Hall–Kier alpha value is -1.55. The van der Waals surface area contributed by atoms with Gasteiger partial charge in [0.1, 0.15) is 0 Å². The van der Waals surface area contributed by atoms with Crippen molar-refractivity contribution in [1.29, 1.82) is 0 Å². The highest BCUT2D eigenvalue weighted by molar-refractivity contribution is 6.34. The Morgan fingerprint density at radius 2 is 1.95 bits per heavy atom. The second-order valence-corrected chi connectivity index (χ2v) is 6.82. The van der Waals surface area contributed by atoms with Gasteiger partial charge < -0.3 is 10.4 Å². The van der Waals surface area contributed by atoms with Gasteiger partial charge in [0.15, 0.2) is 0 Å². The molecule has 1 amide bonds. The summed E-state index contributed by atoms with van der Waals surface area (Å²) in [7, 11) is 0. The van der Waals surface area contributed by atoms with E-state index in [1.165, 1.54) is 0 Å². The summed E-state index contributed by atoms with van der Waals surface area (Å²) in [4.78, 5) is 23.4. The first-order chi connectivity index (χ1) is 9.61. The van der Waals surface area contributed by atoms with Gasteiger partial charge in [-0.25, -0.2) is 0 Å². The van der Waals surface area contributed by atoms with Crippen molar-refractivity contribution in [1.82, 2.24) is 5.32 Å². The first-order valence-corrected chi connectivity index (χ1v) is 7.26. The fourth-order valence-electron chi connectivity index (χ4n) is 2.12. The number of carbonyl (C=O) groups excluding carboxylic acids is 1. The van der Waals surface area contributed by atoms with Gasteiger partial charge >= 0.3 is 5.97 Å². The Labute approximate surface area is 130 Å². The number of hydrogen-bond acceptors (Lipinski definition) is 2. The molecule has 1 rings (SSSR count). The average molecular weight is 312 g/mol. The lowest BCUT2D eigenvalue weighted by molar-refractivity contribution is -0.142. The molecule has 1 unspecified atom stereocenters. The molecule has 2 N–H and O–H groups in total. The molecule has 5 heteroatoms. The molecule has 0 aliphatic rings. The molecule has 1 aromatic carbocycles. The number of nitrogens with one attached hydrogen (secondary N) is 1. The number of carbonyl (C=O) groups is 2. The predicted octanol–water partition coefficient (Wildman–Crippen LogP) is 3.52. The first kappa shape index (κ1) is 17.5. The summed E-state index contributed by atoms with van der Waals surface area (Å²) in [6.07, 6.45) is 0.490. The van der Waals surface area contributed by atoms with Gasteiger partial charge in [-0.05, 0) is 30.4 Å². The zero-order chi connectivity index (χ0) is 16.2. The fourth-order valence-corrected chi connectivity index (χ4v) is 2.33. The number of benzene rings is 1. The van der Waals surface area contributed by atoms with Gasteiger partial charge in [0.05, 0.1) is 16.5 Å². The normalized spacial score (nSPS) is 12.8. The number of carboxylic acids is 1. The molecule has 0 bridgehead atoms. The molecule has 116 valence electrons. The van der Waals surface area contributed by atoms with Crippen LogP contribution in [0.5, 0.6) is 0 Å². The lowest BCUT2D eigenvalue weighted by atomic mass is 9.84. The van der Waals surface area contributed by atoms with Gasteiger partial charge in [-0.3, -0.25) is 9.59 Å². The molecule has 0 aromatic heterocycles. The predicted molar refractivity (Wildman–Crippen MR) is 83.7 cm³/mol. The summed E-state index contributed by atoms with van der Waals surface area (Å²) in [5, 5.41) is 12.3. The third-order valence-electron chi connectivity index (χ3n) is 3.15. The zero-order valence-corrected chi connectivity index (χ0v) is 13.6. The van der Waals surface area contributed by atoms with Crippen LogP contribution in [0.15, 0.2) is 18.2 Å². The molecular formula is C16H22ClNO3. The van der Waals surface area contributed by atoms with Crippen molar-refractivity contribution in [2.45, 2.75) is 34.1 Å². The molecule has 21 heavy (non-hydrogen) atoms. The largest absolute Gasteiger partial charge is 0.481 e. The fraction of sp³-hybridized carbons (Fsp3) is 0.500. The quantitative estimate of drug-likeness (QED) is 0.874. The van der Waals surface area contributed by atoms with Crippen molar-refractivity contribution in [2.24, 2.45) is 11.3 Å². The molecule has 0 saturated heterocycles. The lowest BCUT2D eigenvalue weighted by Gasteiger charge is -2.23. The first-order valence-electron chi connectivity index (χ1n) is 6.88. The number of halogens is 1. The Morgan fingerprint density at radius 1 is 1.33 bits per heavy atom. The van der Waals surface area contributed by atoms with Crippen LogP contribution in [0.25, 0.3) is 0 Å². The number of hydrogen-bond donors (Lipinski definition) is 2. The van der Waals surface area contributed by atoms with Crippen molar-refractivity contribution < 1.29 is 14.7 Å². The van der Waals surface area contributed by atoms with Crippen LogP contribution in [0.2, 0.25) is 5.02 Å². The minimum absolute atomic E-state index is 0.0930. The maximum absolute atomic E-state index is 12.1. The summed E-state index contributed by atoms with van der Waals surface area (Å²) < 4.78 is 0. The van der Waals surface area contributed by atoms with E-state index in [0.717, 1.165) is 5.56 Å². The number of carboxylic acid groups (broad SMARTS) is 1. The van der Waals surface area contributed by atoms with Crippen LogP contribution in [0.4, 0.5) is 0 Å². The highest BCUT2D eigenvalue weighted by Crippen LogP contribution is 2.25. The van der Waals surface area contributed by atoms with Gasteiger partial charge in [-0.2, -0.15) is 0 Å². The van der Waals surface area contributed by atoms with E-state index in [-0.39, 0.29) is 17.9 Å². The minimum atomic E-state index is -0.902. The van der Waals surface area contributed by atoms with Crippen molar-refractivity contribution in [3.8, 4) is 0 Å². The molecular weight excluding hydrogens is 290 g/mol. The van der Waals surface area contributed by atoms with E-state index in [1.807, 2.05) is 33.8 Å². The maximum Gasteiger partial charge on any atom is 0.308 e. The zero-order valence-electron chi connectivity index (χ0n) is 12.9. The Balaban J connectivity index is 2.74. The van der Waals surface area contributed by atoms with E-state index in [1.54, 1.807) is 12.1 Å². The smallest absolute Gasteiger partial charge is 0.308 e. The molecule has 0 radical (unpaired) electrons. The summed E-state index contributed by atoms with van der Waals surface area (Å²) in [5.41, 5.74) is 1.07. The second kappa shape index (κ2) is 6.94. The minimum Gasteiger partial charge on any atom is -0.481 e. The van der Waals surface area contributed by atoms with Crippen LogP contribution in [-0.2, 0) is 4.79 Å². The van der Waals surface area contributed by atoms with Gasteiger partial charge in [0, 0.05) is 6.54 Å². The van der Waals surface area contributed by atoms with E-state index in [0.29, 0.717) is 17.0 Å². The number of rotatable bonds is 5. The van der Waals surface area contributed by atoms with E-state index < -0.39 is 11.9 Å². The highest BCUT2D eigenvalue weighted by Gasteiger charge is 2.25. The second-order valence-electron chi connectivity index (χ2n) is 6.45. The number of amides is 1. The van der Waals surface area contributed by atoms with Crippen LogP contribution in [0, 0.1) is 18.3 Å². The third-order valence-corrected chi connectivity index (χ3v) is 3.66. The Morgan fingerprint density at radius 3 is 2.48 bits per heavy atom. The third kappa shape index (κ3) is 5.38. The van der Waals surface area contributed by atoms with Crippen LogP contribution >= 0.6 is 11.6 Å². The Kier molecular flexibility index (Phi) is 5.78. The van der Waals surface area contributed by atoms with Crippen LogP contribution in [0.1, 0.15) is 43.1 Å². The van der Waals surface area contributed by atoms with Crippen molar-refractivity contribution >= 4 is 23.5 Å². The molecule has 0 saturated carbocycles. The average Bonchev–Trinajstić information content (AvgIpc) is 2.35. The van der Waals surface area contributed by atoms with Gasteiger partial charge in [0.25, 0.3) is 5.91 Å². The molecule has 0 aliphatic carbocycles. The maximum atomic E-state index is 12.1. The van der Waals surface area contributed by atoms with Crippen LogP contribution in [-0.4, -0.2) is 23.5 Å². The van der Waals surface area contributed by atoms with Crippen molar-refractivity contribution in [3.05, 3.63) is 34.3 Å². The van der Waals surface area contributed by atoms with Crippen molar-refractivity contribution in [3.63, 3.8) is 0 Å². The van der Waals surface area contributed by atoms with E-state index >= 15 is 0 Å². The molecule has 1 atom stereocenters. The standard InChI is InChI=1S/C16H22ClNO3/c1-10-6-5-7-12(13(10)17)14(19)18-9-11(15(20)21)8-16(2,3)4/h5-7,11H,8-9H2,1-4H3,(H,18,19)(H,20,21). The van der Waals surface area contributed by atoms with Gasteiger partial charge in [-0.1, -0.05) is 44.5 Å². The van der Waals surface area contributed by atoms with Gasteiger partial charge in [0.2, 0.25) is 0 Å². The number of aliphatic carboxylic acids is 1.